The number of rotatable bonds is 4. The molecule has 0 radical (unpaired) electrons. The van der Waals surface area contributed by atoms with E-state index in [1.54, 1.807) is 0 Å². The van der Waals surface area contributed by atoms with Crippen molar-refractivity contribution in [1.82, 2.24) is 0 Å². The largest absolute Gasteiger partial charge is 0.550 e. The van der Waals surface area contributed by atoms with Crippen LogP contribution in [0.4, 0.5) is 5.69 Å². The van der Waals surface area contributed by atoms with Gasteiger partial charge < -0.3 is 25.1 Å². The second kappa shape index (κ2) is 5.81. The molecular formula is C16H12BrNO5-2. The quantitative estimate of drug-likeness (QED) is 0.739. The zero-order valence-electron chi connectivity index (χ0n) is 11.8. The van der Waals surface area contributed by atoms with Crippen LogP contribution >= 0.6 is 15.9 Å². The second-order valence-electron chi connectivity index (χ2n) is 5.79. The molecule has 7 heteroatoms. The summed E-state index contributed by atoms with van der Waals surface area (Å²) >= 11 is 3.23. The van der Waals surface area contributed by atoms with E-state index >= 15 is 0 Å². The number of benzene rings is 1. The van der Waals surface area contributed by atoms with Crippen molar-refractivity contribution in [2.24, 2.45) is 23.7 Å². The van der Waals surface area contributed by atoms with Crippen molar-refractivity contribution in [3.05, 3.63) is 40.4 Å². The number of carboxylic acids is 2. The van der Waals surface area contributed by atoms with Crippen LogP contribution in [-0.4, -0.2) is 17.8 Å². The number of anilines is 1. The number of fused-ring (bicyclic) bond motifs is 2. The van der Waals surface area contributed by atoms with Crippen LogP contribution in [0.3, 0.4) is 0 Å². The number of nitrogens with one attached hydrogen (secondary N) is 1. The van der Waals surface area contributed by atoms with E-state index in [0.29, 0.717) is 10.9 Å². The summed E-state index contributed by atoms with van der Waals surface area (Å²) in [6.45, 7) is 0. The minimum atomic E-state index is -1.36. The fraction of sp³-hybridized carbons (Fsp3) is 0.312. The number of hydrogen-bond donors (Lipinski definition) is 1. The van der Waals surface area contributed by atoms with Crippen molar-refractivity contribution < 1.29 is 24.6 Å². The minimum absolute atomic E-state index is 0.0761. The van der Waals surface area contributed by atoms with E-state index in [-0.39, 0.29) is 23.1 Å². The molecule has 0 unspecified atom stereocenters. The fourth-order valence-electron chi connectivity index (χ4n) is 3.47. The van der Waals surface area contributed by atoms with Crippen molar-refractivity contribution in [3.63, 3.8) is 0 Å². The van der Waals surface area contributed by atoms with Crippen molar-refractivity contribution in [2.45, 2.75) is 6.42 Å². The normalized spacial score (nSPS) is 27.9. The van der Waals surface area contributed by atoms with Crippen LogP contribution in [0, 0.1) is 23.7 Å². The van der Waals surface area contributed by atoms with E-state index < -0.39 is 29.7 Å². The number of carbonyl (C=O) groups excluding carboxylic acids is 3. The highest BCUT2D eigenvalue weighted by Crippen LogP contribution is 2.48. The lowest BCUT2D eigenvalue weighted by Crippen LogP contribution is -2.42. The summed E-state index contributed by atoms with van der Waals surface area (Å²) in [5, 5.41) is 24.9. The van der Waals surface area contributed by atoms with Gasteiger partial charge in [0, 0.05) is 16.4 Å². The zero-order valence-corrected chi connectivity index (χ0v) is 13.4. The van der Waals surface area contributed by atoms with Gasteiger partial charge in [-0.15, -0.1) is 0 Å². The molecule has 0 aromatic heterocycles. The third kappa shape index (κ3) is 2.76. The van der Waals surface area contributed by atoms with Gasteiger partial charge in [-0.25, -0.2) is 0 Å². The van der Waals surface area contributed by atoms with Crippen LogP contribution in [0.1, 0.15) is 16.8 Å². The summed E-state index contributed by atoms with van der Waals surface area (Å²) < 4.78 is 0.500. The van der Waals surface area contributed by atoms with Gasteiger partial charge in [0.1, 0.15) is 0 Å². The molecule has 1 aromatic rings. The lowest BCUT2D eigenvalue weighted by Gasteiger charge is -2.28. The zero-order chi connectivity index (χ0) is 16.7. The summed E-state index contributed by atoms with van der Waals surface area (Å²) in [4.78, 5) is 34.8. The Morgan fingerprint density at radius 3 is 2.35 bits per heavy atom. The van der Waals surface area contributed by atoms with Crippen LogP contribution in [0.2, 0.25) is 0 Å². The second-order valence-corrected chi connectivity index (χ2v) is 6.64. The highest BCUT2D eigenvalue weighted by atomic mass is 79.9. The first-order valence-corrected chi connectivity index (χ1v) is 7.88. The first-order chi connectivity index (χ1) is 10.9. The highest BCUT2D eigenvalue weighted by Gasteiger charge is 2.48. The maximum Gasteiger partial charge on any atom is 0.228 e. The summed E-state index contributed by atoms with van der Waals surface area (Å²) in [5.41, 5.74) is 0.188. The van der Waals surface area contributed by atoms with Gasteiger partial charge in [-0.05, 0) is 51.9 Å². The maximum atomic E-state index is 12.5. The third-order valence-electron chi connectivity index (χ3n) is 4.49. The molecule has 0 aliphatic heterocycles. The first kappa shape index (κ1) is 15.7. The Labute approximate surface area is 140 Å². The standard InChI is InChI=1S/C16H14BrNO5/c17-10-4-3-9(15(20)21)6-11(10)18-14(19)12-7-1-2-8(5-7)13(12)16(22)23/h1-4,6-8,12-13H,5H2,(H,18,19)(H,20,21)(H,22,23)/p-2/t7-,8-,12+,13-/m0/s1. The number of amides is 1. The average Bonchev–Trinajstić information content (AvgIpc) is 3.09. The lowest BCUT2D eigenvalue weighted by atomic mass is 9.82. The van der Waals surface area contributed by atoms with Gasteiger partial charge in [-0.1, -0.05) is 18.2 Å². The molecule has 3 rings (SSSR count). The van der Waals surface area contributed by atoms with Crippen molar-refractivity contribution in [3.8, 4) is 0 Å². The lowest BCUT2D eigenvalue weighted by molar-refractivity contribution is -0.313. The Balaban J connectivity index is 1.85. The van der Waals surface area contributed by atoms with Crippen LogP contribution < -0.4 is 15.5 Å². The molecule has 0 saturated heterocycles. The van der Waals surface area contributed by atoms with Gasteiger partial charge in [0.05, 0.1) is 17.6 Å². The molecule has 1 amide bonds. The van der Waals surface area contributed by atoms with Crippen LogP contribution in [0.15, 0.2) is 34.8 Å². The summed E-state index contributed by atoms with van der Waals surface area (Å²) in [6.07, 6.45) is 4.31. The Kier molecular flexibility index (Phi) is 3.97. The number of aromatic carboxylic acids is 1. The van der Waals surface area contributed by atoms with Gasteiger partial charge in [0.15, 0.2) is 0 Å². The summed E-state index contributed by atoms with van der Waals surface area (Å²) in [7, 11) is 0. The first-order valence-electron chi connectivity index (χ1n) is 7.09. The molecule has 2 aliphatic carbocycles. The molecule has 1 fully saturated rings. The molecule has 2 aliphatic rings. The van der Waals surface area contributed by atoms with E-state index in [0.717, 1.165) is 0 Å². The predicted molar refractivity (Wildman–Crippen MR) is 79.8 cm³/mol. The van der Waals surface area contributed by atoms with E-state index in [1.807, 2.05) is 12.2 Å². The molecule has 120 valence electrons. The summed E-state index contributed by atoms with van der Waals surface area (Å²) in [5.74, 6) is -4.92. The molecule has 6 nitrogen and oxygen atoms in total. The van der Waals surface area contributed by atoms with Crippen molar-refractivity contribution in [2.75, 3.05) is 5.32 Å². The van der Waals surface area contributed by atoms with Crippen LogP contribution in [0.25, 0.3) is 0 Å². The molecule has 0 heterocycles. The molecule has 2 bridgehead atoms. The van der Waals surface area contributed by atoms with Crippen molar-refractivity contribution in [1.29, 1.82) is 0 Å². The molecule has 0 spiro atoms. The number of allylic oxidation sites excluding steroid dienone is 2. The van der Waals surface area contributed by atoms with E-state index in [2.05, 4.69) is 21.2 Å². The SMILES string of the molecule is O=C([O-])c1ccc(Br)c(NC(=O)[C@H]2[C@@H](C(=O)[O-])[C@H]3C=C[C@H]2C3)c1. The molecule has 1 N–H and O–H groups in total. The Hall–Kier alpha value is -2.15. The average molecular weight is 378 g/mol. The van der Waals surface area contributed by atoms with Gasteiger partial charge in [-0.2, -0.15) is 0 Å². The van der Waals surface area contributed by atoms with Gasteiger partial charge >= 0.3 is 0 Å². The Bertz CT molecular complexity index is 729. The third-order valence-corrected chi connectivity index (χ3v) is 5.19. The maximum absolute atomic E-state index is 12.5. The smallest absolute Gasteiger partial charge is 0.228 e. The van der Waals surface area contributed by atoms with Crippen LogP contribution in [-0.2, 0) is 9.59 Å². The molecular weight excluding hydrogens is 366 g/mol. The Morgan fingerprint density at radius 2 is 1.74 bits per heavy atom. The predicted octanol–water partition coefficient (Wildman–Crippen LogP) is -0.0607. The number of halogens is 1. The number of carbonyl (C=O) groups is 3. The van der Waals surface area contributed by atoms with E-state index in [9.17, 15) is 24.6 Å². The van der Waals surface area contributed by atoms with E-state index in [4.69, 9.17) is 0 Å². The van der Waals surface area contributed by atoms with Crippen molar-refractivity contribution >= 4 is 39.5 Å². The topological polar surface area (TPSA) is 109 Å². The molecule has 1 aromatic carbocycles. The minimum Gasteiger partial charge on any atom is -0.550 e. The van der Waals surface area contributed by atoms with Gasteiger partial charge in [0.2, 0.25) is 5.91 Å². The number of aliphatic carboxylic acids is 1. The number of carboxylic acid groups (broad SMARTS) is 2. The molecule has 23 heavy (non-hydrogen) atoms. The fourth-order valence-corrected chi connectivity index (χ4v) is 3.81. The van der Waals surface area contributed by atoms with E-state index in [1.165, 1.54) is 18.2 Å². The summed E-state index contributed by atoms with van der Waals surface area (Å²) in [6, 6.07) is 4.10. The number of hydrogen-bond acceptors (Lipinski definition) is 5. The van der Waals surface area contributed by atoms with Gasteiger partial charge in [0.25, 0.3) is 0 Å². The monoisotopic (exact) mass is 377 g/mol. The van der Waals surface area contributed by atoms with Crippen LogP contribution in [0.5, 0.6) is 0 Å². The molecule has 1 saturated carbocycles. The molecule has 4 atom stereocenters. The highest BCUT2D eigenvalue weighted by molar-refractivity contribution is 9.10. The Morgan fingerprint density at radius 1 is 1.09 bits per heavy atom. The van der Waals surface area contributed by atoms with Gasteiger partial charge in [-0.3, -0.25) is 4.79 Å².